The van der Waals surface area contributed by atoms with Crippen molar-refractivity contribution in [1.82, 2.24) is 58.1 Å². The van der Waals surface area contributed by atoms with Gasteiger partial charge in [-0.2, -0.15) is 9.97 Å². The highest BCUT2D eigenvalue weighted by atomic mass is 31.2. The van der Waals surface area contributed by atoms with Gasteiger partial charge in [-0.3, -0.25) is 51.4 Å². The number of anilines is 3. The van der Waals surface area contributed by atoms with Crippen LogP contribution < -0.4 is 39.7 Å². The Balaban J connectivity index is -0.000000288. The van der Waals surface area contributed by atoms with Gasteiger partial charge in [-0.25, -0.2) is 43.2 Å². The minimum Gasteiger partial charge on any atom is -0.392 e. The van der Waals surface area contributed by atoms with Gasteiger partial charge in [-0.1, -0.05) is 59.4 Å². The van der Waals surface area contributed by atoms with Crippen molar-refractivity contribution in [2.45, 2.75) is 109 Å². The van der Waals surface area contributed by atoms with Crippen LogP contribution in [0.4, 0.5) is 17.6 Å². The fraction of sp³-hybridized carbons (Fsp3) is 0.640. The minimum atomic E-state index is -4.70. The Labute approximate surface area is 575 Å². The molecule has 0 saturated carbocycles. The Kier molecular flexibility index (Phi) is 54.2. The number of aliphatic hydroxyl groups excluding tert-OH is 4. The molecule has 0 fully saturated rings. The molecular formula is C50H102N15O31P4+. The molecule has 9 atom stereocenters. The number of H-pyrrole nitrogens is 2. The molecule has 0 radical (unpaired) electrons. The van der Waals surface area contributed by atoms with Crippen molar-refractivity contribution in [2.75, 3.05) is 125 Å². The van der Waals surface area contributed by atoms with E-state index in [-0.39, 0.29) is 121 Å². The van der Waals surface area contributed by atoms with Crippen LogP contribution in [-0.2, 0) is 74.3 Å². The second-order valence-corrected chi connectivity index (χ2v) is 22.2. The van der Waals surface area contributed by atoms with E-state index in [0.717, 1.165) is 15.2 Å². The van der Waals surface area contributed by atoms with E-state index in [1.54, 1.807) is 0 Å². The number of phosphoric acid groups is 3. The Bertz CT molecular complexity index is 3610. The number of fused-ring (bicyclic) bond motifs is 2. The van der Waals surface area contributed by atoms with Crippen LogP contribution in [0.25, 0.3) is 22.3 Å². The topological polar surface area (TPSA) is 677 Å². The first-order valence-corrected chi connectivity index (χ1v) is 31.3. The summed E-state index contributed by atoms with van der Waals surface area (Å²) in [5, 5.41) is 37.8. The fourth-order valence-corrected chi connectivity index (χ4v) is 8.52. The van der Waals surface area contributed by atoms with Crippen molar-refractivity contribution >= 4 is 71.6 Å². The lowest BCUT2D eigenvalue weighted by atomic mass is 10.4. The average molecular weight is 1530 g/mol. The molecule has 0 aliphatic carbocycles. The van der Waals surface area contributed by atoms with Crippen molar-refractivity contribution in [3.05, 3.63) is 85.2 Å². The van der Waals surface area contributed by atoms with Crippen molar-refractivity contribution in [2.24, 2.45) is 0 Å². The Morgan fingerprint density at radius 1 is 0.500 bits per heavy atom. The zero-order chi connectivity index (χ0) is 68.9. The number of aromatic nitrogens is 12. The summed E-state index contributed by atoms with van der Waals surface area (Å²) in [4.78, 5) is 135. The van der Waals surface area contributed by atoms with Crippen LogP contribution in [0.3, 0.4) is 0 Å². The molecular weight excluding hydrogens is 1430 g/mol. The SMILES string of the molecule is C.C.C.C.C.C.C.C.COC[C@@H](COP(=O)(O)O)O[C@H](CO)n1ccc(N)nc1=O.COC[C@@H](COP(=O)(O)O)O[C@H](CO)n1cnc2c(=O)[nH]c(N)nc21.COC[C@@H](COP(=O)(O)O)O[C@H](CO)n1cnc2c(N)ncnc21.COC[C@@H](CO[P+](=O)O)O[C@H](CO)n1ccc(=O)[nH]c1=O. The predicted molar refractivity (Wildman–Crippen MR) is 362 cm³/mol. The van der Waals surface area contributed by atoms with Gasteiger partial charge in [0.2, 0.25) is 5.95 Å². The molecule has 46 nitrogen and oxygen atoms in total. The molecule has 0 aromatic carbocycles. The van der Waals surface area contributed by atoms with E-state index in [4.69, 9.17) is 89.3 Å². The number of rotatable bonds is 36. The molecule has 6 aromatic heterocycles. The third-order valence-corrected chi connectivity index (χ3v) is 12.7. The Hall–Kier alpha value is -6.27. The Morgan fingerprint density at radius 2 is 0.880 bits per heavy atom. The lowest BCUT2D eigenvalue weighted by Crippen LogP contribution is -2.37. The number of hydrogen-bond acceptors (Lipinski definition) is 33. The molecule has 0 aliphatic heterocycles. The highest BCUT2D eigenvalue weighted by molar-refractivity contribution is 7.46. The van der Waals surface area contributed by atoms with Crippen LogP contribution in [0.5, 0.6) is 0 Å². The van der Waals surface area contributed by atoms with E-state index in [1.165, 1.54) is 75.0 Å². The van der Waals surface area contributed by atoms with Gasteiger partial charge < -0.3 is 105 Å². The van der Waals surface area contributed by atoms with Gasteiger partial charge in [0.05, 0.1) is 85.3 Å². The molecule has 0 amide bonds. The normalized spacial score (nSPS) is 13.6. The number of nitrogens with zero attached hydrogens (tertiary/aromatic N) is 10. The molecule has 0 saturated heterocycles. The van der Waals surface area contributed by atoms with Crippen LogP contribution in [0.15, 0.2) is 62.7 Å². The van der Waals surface area contributed by atoms with Gasteiger partial charge in [-0.05, 0) is 6.07 Å². The summed E-state index contributed by atoms with van der Waals surface area (Å²) in [6, 6.07) is 2.44. The number of aliphatic hydroxyl groups is 4. The van der Waals surface area contributed by atoms with E-state index in [0.29, 0.717) is 11.2 Å². The fourth-order valence-electron chi connectivity index (χ4n) is 7.15. The summed E-state index contributed by atoms with van der Waals surface area (Å²) < 4.78 is 107. The summed E-state index contributed by atoms with van der Waals surface area (Å²) >= 11 is 0. The van der Waals surface area contributed by atoms with E-state index in [1.807, 2.05) is 4.98 Å². The first kappa shape index (κ1) is 105. The third-order valence-electron chi connectivity index (χ3n) is 10.9. The summed E-state index contributed by atoms with van der Waals surface area (Å²) in [6.07, 6.45) is -1.48. The third kappa shape index (κ3) is 37.1. The number of nitrogen functional groups attached to an aromatic ring is 3. The largest absolute Gasteiger partial charge is 0.694 e. The average Bonchev–Trinajstić information content (AvgIpc) is 1.64. The number of imidazole rings is 2. The van der Waals surface area contributed by atoms with Gasteiger partial charge in [0, 0.05) is 51.5 Å². The van der Waals surface area contributed by atoms with Crippen LogP contribution >= 0.6 is 31.7 Å². The van der Waals surface area contributed by atoms with Crippen molar-refractivity contribution in [1.29, 1.82) is 0 Å². The number of nitrogens with one attached hydrogen (secondary N) is 2. The molecule has 6 rings (SSSR count). The minimum absolute atomic E-state index is 0. The van der Waals surface area contributed by atoms with E-state index < -0.39 is 150 Å². The van der Waals surface area contributed by atoms with E-state index >= 15 is 0 Å². The van der Waals surface area contributed by atoms with E-state index in [2.05, 4.69) is 53.0 Å². The standard InChI is InChI=1S/C11H18N5O8P.C11H18N5O7P.C10H18N3O8P.C10H15N2O8P.8CH4/c1-22-3-6(4-23-25(19,20)21)24-7(2-17)16-5-13-8-9(16)14-11(12)15-10(8)18;1-21-3-7(4-22-24(18,19)20)23-8(2-17)16-6-15-9-10(12)13-5-14-11(9)16;1-19-5-7(6-20-22(16,17)18)21-9(4-14)13-3-2-8(11)12-10(13)15;1-18-5-7(6-19-21(16)17)20-9(4-13)12-3-2-8(14)11-10(12)15;;;;;;;;/h5-7,17H,2-4H2,1H3,(H2,19,20,21)(H3,12,14,15,18);5-8,17H,2-4H2,1H3,(H2,12,13,14)(H2,18,19,20);2-3,7,9,14H,4-6H2,1H3,(H2,11,12,15)(H2,16,17,18);2-3,7,9,13H,4-6H2,1H3,(H-,11,14,15,16,17);8*1H4/p+1/t6-,7+;7-,8+;2*7-,9+;;;;;;;;/m0000......../s1. The van der Waals surface area contributed by atoms with Gasteiger partial charge in [0.25, 0.3) is 11.1 Å². The summed E-state index contributed by atoms with van der Waals surface area (Å²) in [5.41, 5.74) is 14.7. The molecule has 0 bridgehead atoms. The number of ether oxygens (including phenoxy) is 8. The van der Waals surface area contributed by atoms with Crippen LogP contribution in [0, 0.1) is 0 Å². The number of methoxy groups -OCH3 is 4. The lowest BCUT2D eigenvalue weighted by Gasteiger charge is -2.24. The highest BCUT2D eigenvalue weighted by Crippen LogP contribution is 2.38. The summed E-state index contributed by atoms with van der Waals surface area (Å²) in [6.45, 7) is -3.97. The first-order chi connectivity index (χ1) is 43.3. The number of aromatic amines is 2. The van der Waals surface area contributed by atoms with Crippen molar-refractivity contribution < 1.29 is 129 Å². The zero-order valence-electron chi connectivity index (χ0n) is 48.7. The maximum absolute atomic E-state index is 11.8. The molecule has 0 aliphatic rings. The van der Waals surface area contributed by atoms with Crippen LogP contribution in [0.1, 0.15) is 84.3 Å². The monoisotopic (exact) mass is 1530 g/mol. The number of nitrogens with two attached hydrogens (primary N) is 3. The zero-order valence-corrected chi connectivity index (χ0v) is 52.3. The van der Waals surface area contributed by atoms with Gasteiger partial charge in [0.1, 0.15) is 48.7 Å². The number of hydrogen-bond donors (Lipinski definition) is 16. The predicted octanol–water partition coefficient (Wildman–Crippen LogP) is -0.355. The summed E-state index contributed by atoms with van der Waals surface area (Å²) in [5.74, 6) is 0.0409. The lowest BCUT2D eigenvalue weighted by molar-refractivity contribution is -0.117. The smallest absolute Gasteiger partial charge is 0.392 e. The maximum atomic E-state index is 11.8. The molecule has 6 aromatic rings. The molecule has 6 heterocycles. The quantitative estimate of drug-likeness (QED) is 0.0223. The van der Waals surface area contributed by atoms with E-state index in [9.17, 15) is 57.9 Å². The van der Waals surface area contributed by atoms with Gasteiger partial charge >= 0.3 is 43.1 Å². The number of phosphoric ester groups is 3. The first-order valence-electron chi connectivity index (χ1n) is 25.6. The van der Waals surface area contributed by atoms with Crippen molar-refractivity contribution in [3.63, 3.8) is 0 Å². The molecule has 19 N–H and O–H groups in total. The second-order valence-electron chi connectivity index (χ2n) is 17.7. The molecule has 0 spiro atoms. The van der Waals surface area contributed by atoms with Crippen molar-refractivity contribution in [3.8, 4) is 0 Å². The summed E-state index contributed by atoms with van der Waals surface area (Å²) in [7, 11) is -11.4. The molecule has 50 heteroatoms. The van der Waals surface area contributed by atoms with Crippen LogP contribution in [-0.4, -0.2) is 245 Å². The van der Waals surface area contributed by atoms with Gasteiger partial charge in [0.15, 0.2) is 47.5 Å². The second kappa shape index (κ2) is 51.8. The molecule has 100 heavy (non-hydrogen) atoms. The van der Waals surface area contributed by atoms with Gasteiger partial charge in [-0.15, -0.1) is 9.42 Å². The highest BCUT2D eigenvalue weighted by Gasteiger charge is 2.29. The molecule has 1 unspecified atom stereocenters. The maximum Gasteiger partial charge on any atom is 0.694 e. The van der Waals surface area contributed by atoms with Crippen LogP contribution in [0.2, 0.25) is 0 Å². The molecule has 582 valence electrons. The Morgan fingerprint density at radius 3 is 1.26 bits per heavy atom.